The van der Waals surface area contributed by atoms with Crippen LogP contribution < -0.4 is 5.32 Å². The van der Waals surface area contributed by atoms with E-state index in [1.54, 1.807) is 0 Å². The minimum absolute atomic E-state index is 0. The molecule has 0 saturated carbocycles. The lowest BCUT2D eigenvalue weighted by atomic mass is 10.2. The van der Waals surface area contributed by atoms with Gasteiger partial charge in [-0.1, -0.05) is 18.2 Å². The summed E-state index contributed by atoms with van der Waals surface area (Å²) in [5, 5.41) is 3.44. The van der Waals surface area contributed by atoms with Gasteiger partial charge >= 0.3 is 0 Å². The van der Waals surface area contributed by atoms with E-state index in [2.05, 4.69) is 53.7 Å². The van der Waals surface area contributed by atoms with Gasteiger partial charge in [-0.15, -0.1) is 35.7 Å². The van der Waals surface area contributed by atoms with Gasteiger partial charge in [-0.05, 0) is 37.7 Å². The summed E-state index contributed by atoms with van der Waals surface area (Å²) in [5.74, 6) is 4.15. The van der Waals surface area contributed by atoms with E-state index in [1.165, 1.54) is 17.1 Å². The van der Waals surface area contributed by atoms with Gasteiger partial charge in [-0.2, -0.15) is 11.8 Å². The molecule has 0 radical (unpaired) electrons. The van der Waals surface area contributed by atoms with Crippen molar-refractivity contribution in [3.63, 3.8) is 0 Å². The van der Waals surface area contributed by atoms with E-state index in [4.69, 9.17) is 4.99 Å². The molecule has 1 N–H and O–H groups in total. The number of benzene rings is 1. The Kier molecular flexibility index (Phi) is 11.2. The van der Waals surface area contributed by atoms with Gasteiger partial charge in [0.05, 0.1) is 6.54 Å². The summed E-state index contributed by atoms with van der Waals surface area (Å²) in [6, 6.07) is 10.7. The second kappa shape index (κ2) is 12.3. The van der Waals surface area contributed by atoms with Gasteiger partial charge in [0.25, 0.3) is 0 Å². The van der Waals surface area contributed by atoms with Crippen LogP contribution in [-0.4, -0.2) is 54.8 Å². The third-order valence-electron chi connectivity index (χ3n) is 3.71. The van der Waals surface area contributed by atoms with E-state index in [0.717, 1.165) is 43.8 Å². The first-order chi connectivity index (χ1) is 10.8. The van der Waals surface area contributed by atoms with Crippen molar-refractivity contribution in [1.82, 2.24) is 10.2 Å². The summed E-state index contributed by atoms with van der Waals surface area (Å²) in [4.78, 5) is 8.55. The second-order valence-electron chi connectivity index (χ2n) is 5.45. The van der Waals surface area contributed by atoms with Gasteiger partial charge in [-0.25, -0.2) is 0 Å². The molecule has 1 fully saturated rings. The van der Waals surface area contributed by atoms with Crippen molar-refractivity contribution in [2.75, 3.05) is 43.9 Å². The molecule has 0 aliphatic carbocycles. The predicted octanol–water partition coefficient (Wildman–Crippen LogP) is 4.05. The SMILES string of the molecule is CCNC(=NCCSC)N1CCC(CSc2ccccc2)C1.I. The molecule has 1 saturated heterocycles. The molecule has 3 nitrogen and oxygen atoms in total. The van der Waals surface area contributed by atoms with Crippen LogP contribution in [0.15, 0.2) is 40.2 Å². The van der Waals surface area contributed by atoms with E-state index >= 15 is 0 Å². The predicted molar refractivity (Wildman–Crippen MR) is 117 cm³/mol. The van der Waals surface area contributed by atoms with Gasteiger partial charge in [0.1, 0.15) is 0 Å². The minimum atomic E-state index is 0. The van der Waals surface area contributed by atoms with Crippen LogP contribution in [-0.2, 0) is 0 Å². The van der Waals surface area contributed by atoms with Crippen molar-refractivity contribution >= 4 is 53.5 Å². The number of halogens is 1. The first-order valence-electron chi connectivity index (χ1n) is 8.03. The van der Waals surface area contributed by atoms with E-state index in [-0.39, 0.29) is 24.0 Å². The smallest absolute Gasteiger partial charge is 0.193 e. The summed E-state index contributed by atoms with van der Waals surface area (Å²) >= 11 is 3.83. The molecular weight excluding hydrogens is 437 g/mol. The second-order valence-corrected chi connectivity index (χ2v) is 7.53. The molecule has 0 amide bonds. The van der Waals surface area contributed by atoms with Gasteiger partial charge in [-0.3, -0.25) is 4.99 Å². The zero-order chi connectivity index (χ0) is 15.6. The van der Waals surface area contributed by atoms with E-state index in [9.17, 15) is 0 Å². The zero-order valence-electron chi connectivity index (χ0n) is 14.0. The van der Waals surface area contributed by atoms with E-state index in [1.807, 2.05) is 23.5 Å². The Morgan fingerprint density at radius 2 is 2.13 bits per heavy atom. The third-order valence-corrected chi connectivity index (χ3v) is 5.54. The summed E-state index contributed by atoms with van der Waals surface area (Å²) in [6.07, 6.45) is 3.40. The molecule has 1 aromatic carbocycles. The molecule has 1 atom stereocenters. The average molecular weight is 465 g/mol. The summed E-state index contributed by atoms with van der Waals surface area (Å²) in [6.45, 7) is 6.25. The lowest BCUT2D eigenvalue weighted by Gasteiger charge is -2.21. The maximum Gasteiger partial charge on any atom is 0.193 e. The summed E-state index contributed by atoms with van der Waals surface area (Å²) in [5.41, 5.74) is 0. The third kappa shape index (κ3) is 7.56. The molecule has 6 heteroatoms. The Bertz CT molecular complexity index is 456. The molecule has 2 rings (SSSR count). The molecule has 0 spiro atoms. The molecular formula is C17H28IN3S2. The highest BCUT2D eigenvalue weighted by molar-refractivity contribution is 14.0. The minimum Gasteiger partial charge on any atom is -0.357 e. The Labute approximate surface area is 166 Å². The molecule has 0 bridgehead atoms. The lowest BCUT2D eigenvalue weighted by Crippen LogP contribution is -2.40. The number of thioether (sulfide) groups is 2. The van der Waals surface area contributed by atoms with Gasteiger partial charge in [0.15, 0.2) is 5.96 Å². The molecule has 1 heterocycles. The van der Waals surface area contributed by atoms with Crippen molar-refractivity contribution in [2.24, 2.45) is 10.9 Å². The number of hydrogen-bond acceptors (Lipinski definition) is 3. The Balaban J connectivity index is 0.00000264. The standard InChI is InChI=1S/C17H27N3S2.HI/c1-3-18-17(19-10-12-21-2)20-11-9-15(13-20)14-22-16-7-5-4-6-8-16;/h4-8,15H,3,9-14H2,1-2H3,(H,18,19);1H. The molecule has 130 valence electrons. The van der Waals surface area contributed by atoms with Crippen molar-refractivity contribution < 1.29 is 0 Å². The first kappa shape index (κ1) is 21.0. The number of hydrogen-bond donors (Lipinski definition) is 1. The Morgan fingerprint density at radius 3 is 2.83 bits per heavy atom. The fraction of sp³-hybridized carbons (Fsp3) is 0.588. The highest BCUT2D eigenvalue weighted by atomic mass is 127. The van der Waals surface area contributed by atoms with Crippen LogP contribution in [0.25, 0.3) is 0 Å². The number of likely N-dealkylation sites (tertiary alicyclic amines) is 1. The fourth-order valence-electron chi connectivity index (χ4n) is 2.56. The maximum atomic E-state index is 4.74. The van der Waals surface area contributed by atoms with Crippen LogP contribution in [0.3, 0.4) is 0 Å². The quantitative estimate of drug-likeness (QED) is 0.216. The topological polar surface area (TPSA) is 27.6 Å². The number of rotatable bonds is 7. The van der Waals surface area contributed by atoms with Crippen molar-refractivity contribution in [2.45, 2.75) is 18.2 Å². The molecule has 1 unspecified atom stereocenters. The van der Waals surface area contributed by atoms with E-state index < -0.39 is 0 Å². The van der Waals surface area contributed by atoms with Crippen LogP contribution >= 0.6 is 47.5 Å². The molecule has 1 aliphatic rings. The molecule has 0 aromatic heterocycles. The fourth-order valence-corrected chi connectivity index (χ4v) is 3.88. The molecule has 1 aliphatic heterocycles. The first-order valence-corrected chi connectivity index (χ1v) is 10.4. The Morgan fingerprint density at radius 1 is 1.35 bits per heavy atom. The summed E-state index contributed by atoms with van der Waals surface area (Å²) < 4.78 is 0. The van der Waals surface area contributed by atoms with E-state index in [0.29, 0.717) is 0 Å². The summed E-state index contributed by atoms with van der Waals surface area (Å²) in [7, 11) is 0. The van der Waals surface area contributed by atoms with Crippen LogP contribution in [0.5, 0.6) is 0 Å². The van der Waals surface area contributed by atoms with Crippen molar-refractivity contribution in [1.29, 1.82) is 0 Å². The van der Waals surface area contributed by atoms with Gasteiger partial charge < -0.3 is 10.2 Å². The van der Waals surface area contributed by atoms with Crippen LogP contribution in [0, 0.1) is 5.92 Å². The molecule has 1 aromatic rings. The number of aliphatic imine (C=N–C) groups is 1. The Hall–Kier alpha value is -0.0800. The van der Waals surface area contributed by atoms with Crippen LogP contribution in [0.4, 0.5) is 0 Å². The highest BCUT2D eigenvalue weighted by Crippen LogP contribution is 2.25. The number of nitrogens with one attached hydrogen (secondary N) is 1. The maximum absolute atomic E-state index is 4.74. The number of nitrogens with zero attached hydrogens (tertiary/aromatic N) is 2. The number of guanidine groups is 1. The van der Waals surface area contributed by atoms with Crippen LogP contribution in [0.2, 0.25) is 0 Å². The largest absolute Gasteiger partial charge is 0.357 e. The highest BCUT2D eigenvalue weighted by Gasteiger charge is 2.24. The van der Waals surface area contributed by atoms with Gasteiger partial charge in [0.2, 0.25) is 0 Å². The zero-order valence-corrected chi connectivity index (χ0v) is 18.0. The van der Waals surface area contributed by atoms with Crippen molar-refractivity contribution in [3.05, 3.63) is 30.3 Å². The normalized spacial score (nSPS) is 17.9. The monoisotopic (exact) mass is 465 g/mol. The van der Waals surface area contributed by atoms with Crippen LogP contribution in [0.1, 0.15) is 13.3 Å². The van der Waals surface area contributed by atoms with Gasteiger partial charge in [0, 0.05) is 36.0 Å². The average Bonchev–Trinajstić information content (AvgIpc) is 3.02. The molecule has 23 heavy (non-hydrogen) atoms. The lowest BCUT2D eigenvalue weighted by molar-refractivity contribution is 0.475. The van der Waals surface area contributed by atoms with Crippen molar-refractivity contribution in [3.8, 4) is 0 Å².